The number of benzene rings is 6. The van der Waals surface area contributed by atoms with Crippen LogP contribution in [0.1, 0.15) is 38.8 Å². The monoisotopic (exact) mass is 647 g/mol. The first-order valence-electron chi connectivity index (χ1n) is 17.5. The van der Waals surface area contributed by atoms with Crippen molar-refractivity contribution in [3.05, 3.63) is 151 Å². The lowest BCUT2D eigenvalue weighted by molar-refractivity contribution is 0.280. The summed E-state index contributed by atoms with van der Waals surface area (Å²) in [5.41, 5.74) is 12.0. The van der Waals surface area contributed by atoms with Crippen LogP contribution in [-0.2, 0) is 5.41 Å². The van der Waals surface area contributed by atoms with Crippen molar-refractivity contribution < 1.29 is 4.42 Å². The highest BCUT2D eigenvalue weighted by Gasteiger charge is 2.48. The van der Waals surface area contributed by atoms with E-state index >= 15 is 0 Å². The van der Waals surface area contributed by atoms with Gasteiger partial charge >= 0.3 is 0 Å². The van der Waals surface area contributed by atoms with E-state index in [0.29, 0.717) is 29.3 Å². The first-order chi connectivity index (χ1) is 24.4. The van der Waals surface area contributed by atoms with Gasteiger partial charge in [-0.3, -0.25) is 0 Å². The molecule has 6 aromatic carbocycles. The Hall–Kier alpha value is -5.87. The van der Waals surface area contributed by atoms with E-state index in [2.05, 4.69) is 137 Å². The summed E-state index contributed by atoms with van der Waals surface area (Å²) in [6.07, 6.45) is 0. The summed E-state index contributed by atoms with van der Waals surface area (Å²) in [5.74, 6) is 2.63. The van der Waals surface area contributed by atoms with Gasteiger partial charge in [0.15, 0.2) is 17.5 Å². The third-order valence-electron chi connectivity index (χ3n) is 10.7. The second-order valence-corrected chi connectivity index (χ2v) is 14.1. The summed E-state index contributed by atoms with van der Waals surface area (Å²) in [5, 5.41) is 2.31. The largest absolute Gasteiger partial charge is 0.456 e. The van der Waals surface area contributed by atoms with E-state index in [1.807, 2.05) is 30.3 Å². The second kappa shape index (κ2) is 11.6. The number of aromatic nitrogens is 3. The van der Waals surface area contributed by atoms with Gasteiger partial charge in [0.25, 0.3) is 0 Å². The molecule has 4 heteroatoms. The molecule has 0 amide bonds. The van der Waals surface area contributed by atoms with E-state index in [-0.39, 0.29) is 5.41 Å². The van der Waals surface area contributed by atoms with Crippen LogP contribution in [0.15, 0.2) is 144 Å². The van der Waals surface area contributed by atoms with Crippen molar-refractivity contribution in [3.8, 4) is 56.4 Å². The predicted octanol–water partition coefficient (Wildman–Crippen LogP) is 12.0. The molecule has 8 aromatic rings. The molecule has 0 N–H and O–H groups in total. The maximum atomic E-state index is 6.44. The maximum absolute atomic E-state index is 6.44. The molecule has 50 heavy (non-hydrogen) atoms. The minimum Gasteiger partial charge on any atom is -0.456 e. The molecule has 2 aromatic heterocycles. The number of hydrogen-bond acceptors (Lipinski definition) is 4. The summed E-state index contributed by atoms with van der Waals surface area (Å²) in [6, 6.07) is 48.9. The predicted molar refractivity (Wildman–Crippen MR) is 205 cm³/mol. The van der Waals surface area contributed by atoms with Gasteiger partial charge in [-0.15, -0.1) is 0 Å². The summed E-state index contributed by atoms with van der Waals surface area (Å²) >= 11 is 0. The molecule has 0 atom stereocenters. The average molecular weight is 648 g/mol. The van der Waals surface area contributed by atoms with Crippen molar-refractivity contribution in [2.45, 2.75) is 33.1 Å². The van der Waals surface area contributed by atoms with Crippen LogP contribution in [0, 0.1) is 11.8 Å². The fourth-order valence-electron chi connectivity index (χ4n) is 8.47. The fourth-order valence-corrected chi connectivity index (χ4v) is 8.47. The van der Waals surface area contributed by atoms with Gasteiger partial charge in [-0.2, -0.15) is 0 Å². The van der Waals surface area contributed by atoms with Crippen molar-refractivity contribution >= 4 is 21.9 Å². The molecule has 242 valence electrons. The first-order valence-corrected chi connectivity index (χ1v) is 17.5. The molecule has 0 radical (unpaired) electrons. The van der Waals surface area contributed by atoms with Crippen molar-refractivity contribution in [1.29, 1.82) is 0 Å². The normalized spacial score (nSPS) is 13.3. The molecule has 2 heterocycles. The number of furan rings is 1. The Balaban J connectivity index is 1.25. The zero-order valence-electron chi connectivity index (χ0n) is 28.7. The Morgan fingerprint density at radius 1 is 0.420 bits per heavy atom. The van der Waals surface area contributed by atoms with Gasteiger partial charge in [0.05, 0.1) is 0 Å². The molecule has 0 unspecified atom stereocenters. The zero-order chi connectivity index (χ0) is 34.0. The highest BCUT2D eigenvalue weighted by atomic mass is 16.3. The van der Waals surface area contributed by atoms with Crippen LogP contribution in [0.4, 0.5) is 0 Å². The first kappa shape index (κ1) is 30.2. The van der Waals surface area contributed by atoms with E-state index in [0.717, 1.165) is 49.8 Å². The van der Waals surface area contributed by atoms with E-state index in [1.54, 1.807) is 0 Å². The van der Waals surface area contributed by atoms with Gasteiger partial charge in [-0.05, 0) is 75.5 Å². The van der Waals surface area contributed by atoms with Crippen molar-refractivity contribution in [3.63, 3.8) is 0 Å². The molecular weight excluding hydrogens is 611 g/mol. The van der Waals surface area contributed by atoms with Crippen molar-refractivity contribution in [2.75, 3.05) is 0 Å². The van der Waals surface area contributed by atoms with Crippen LogP contribution in [0.25, 0.3) is 78.4 Å². The Morgan fingerprint density at radius 2 is 0.980 bits per heavy atom. The maximum Gasteiger partial charge on any atom is 0.164 e. The molecule has 0 saturated carbocycles. The minimum atomic E-state index is -0.226. The van der Waals surface area contributed by atoms with Gasteiger partial charge in [-0.1, -0.05) is 137 Å². The summed E-state index contributed by atoms with van der Waals surface area (Å²) in [6.45, 7) is 9.40. The standard InChI is InChI=1S/C46H37N3O/c1-28(2)46(29(3)4)39-25-34(22-23-35(39)37-26-38-36-20-11-12-21-41(36)50-42(38)27-40(37)46)45-48-43(31-16-9-6-10-17-31)47-44(49-45)33-19-13-18-32(24-33)30-14-7-5-8-15-30/h5-29H,1-4H3. The Morgan fingerprint density at radius 3 is 1.68 bits per heavy atom. The Bertz CT molecular complexity index is 2540. The third-order valence-corrected chi connectivity index (χ3v) is 10.7. The number of rotatable bonds is 6. The molecule has 0 aliphatic heterocycles. The summed E-state index contributed by atoms with van der Waals surface area (Å²) in [4.78, 5) is 15.3. The van der Waals surface area contributed by atoms with E-state index in [9.17, 15) is 0 Å². The van der Waals surface area contributed by atoms with Gasteiger partial charge < -0.3 is 4.42 Å². The molecule has 0 saturated heterocycles. The topological polar surface area (TPSA) is 51.8 Å². The highest BCUT2D eigenvalue weighted by Crippen LogP contribution is 2.58. The van der Waals surface area contributed by atoms with Crippen molar-refractivity contribution in [2.24, 2.45) is 11.8 Å². The number of hydrogen-bond donors (Lipinski definition) is 0. The third kappa shape index (κ3) is 4.63. The number of fused-ring (bicyclic) bond motifs is 6. The molecule has 9 rings (SSSR count). The average Bonchev–Trinajstić information content (AvgIpc) is 3.67. The highest BCUT2D eigenvalue weighted by molar-refractivity contribution is 6.08. The smallest absolute Gasteiger partial charge is 0.164 e. The SMILES string of the molecule is CC(C)C1(C(C)C)c2cc(-c3nc(-c4ccccc4)nc(-c4cccc(-c5ccccc5)c4)n3)ccc2-c2cc3c(cc21)oc1ccccc13. The Labute approximate surface area is 292 Å². The lowest BCUT2D eigenvalue weighted by Crippen LogP contribution is -2.37. The number of para-hydroxylation sites is 1. The van der Waals surface area contributed by atoms with Gasteiger partial charge in [0.1, 0.15) is 11.2 Å². The molecule has 0 fully saturated rings. The summed E-state index contributed by atoms with van der Waals surface area (Å²) < 4.78 is 6.44. The molecule has 0 spiro atoms. The van der Waals surface area contributed by atoms with Crippen LogP contribution >= 0.6 is 0 Å². The van der Waals surface area contributed by atoms with Crippen LogP contribution in [0.5, 0.6) is 0 Å². The Kier molecular flexibility index (Phi) is 7.03. The van der Waals surface area contributed by atoms with E-state index < -0.39 is 0 Å². The molecule has 4 nitrogen and oxygen atoms in total. The number of nitrogens with zero attached hydrogens (tertiary/aromatic N) is 3. The fraction of sp³-hybridized carbons (Fsp3) is 0.152. The van der Waals surface area contributed by atoms with Gasteiger partial charge in [0, 0.05) is 32.9 Å². The quantitative estimate of drug-likeness (QED) is 0.180. The van der Waals surface area contributed by atoms with Crippen LogP contribution < -0.4 is 0 Å². The van der Waals surface area contributed by atoms with Crippen LogP contribution in [-0.4, -0.2) is 15.0 Å². The molecule has 0 bridgehead atoms. The second-order valence-electron chi connectivity index (χ2n) is 14.1. The van der Waals surface area contributed by atoms with E-state index in [4.69, 9.17) is 19.4 Å². The van der Waals surface area contributed by atoms with Crippen LogP contribution in [0.2, 0.25) is 0 Å². The van der Waals surface area contributed by atoms with Crippen molar-refractivity contribution in [1.82, 2.24) is 15.0 Å². The minimum absolute atomic E-state index is 0.226. The summed E-state index contributed by atoms with van der Waals surface area (Å²) in [7, 11) is 0. The zero-order valence-corrected chi connectivity index (χ0v) is 28.7. The lowest BCUT2D eigenvalue weighted by Gasteiger charge is -2.40. The van der Waals surface area contributed by atoms with Gasteiger partial charge in [0.2, 0.25) is 0 Å². The van der Waals surface area contributed by atoms with Crippen LogP contribution in [0.3, 0.4) is 0 Å². The van der Waals surface area contributed by atoms with E-state index in [1.165, 1.54) is 22.3 Å². The lowest BCUT2D eigenvalue weighted by atomic mass is 9.63. The molecule has 1 aliphatic rings. The van der Waals surface area contributed by atoms with Gasteiger partial charge in [-0.25, -0.2) is 15.0 Å². The molecule has 1 aliphatic carbocycles. The molecular formula is C46H37N3O.